The zero-order chi connectivity index (χ0) is 12.8. The van der Waals surface area contributed by atoms with Gasteiger partial charge in [0.2, 0.25) is 0 Å². The number of hydrogen-bond acceptors (Lipinski definition) is 2. The van der Waals surface area contributed by atoms with Crippen LogP contribution in [0.25, 0.3) is 0 Å². The molecule has 0 aromatic heterocycles. The summed E-state index contributed by atoms with van der Waals surface area (Å²) in [4.78, 5) is 2.28. The third kappa shape index (κ3) is 3.27. The van der Waals surface area contributed by atoms with Crippen molar-refractivity contribution in [3.63, 3.8) is 0 Å². The molecule has 0 heterocycles. The van der Waals surface area contributed by atoms with E-state index < -0.39 is 0 Å². The molecule has 2 N–H and O–H groups in total. The predicted octanol–water partition coefficient (Wildman–Crippen LogP) is 3.34. The fraction of sp³-hybridized carbons (Fsp3) is 0.250. The van der Waals surface area contributed by atoms with Gasteiger partial charge < -0.3 is 10.6 Å². The standard InChI is InChI=1S/C16H20N2/c1-18(15-10-3-2-4-11-15)13-7-9-14-8-5-6-12-16(14)17/h2-6,8,10-12H,7,9,13,17H2,1H3. The van der Waals surface area contributed by atoms with Crippen molar-refractivity contribution >= 4 is 11.4 Å². The molecular weight excluding hydrogens is 220 g/mol. The van der Waals surface area contributed by atoms with Crippen LogP contribution in [-0.4, -0.2) is 13.6 Å². The summed E-state index contributed by atoms with van der Waals surface area (Å²) in [5, 5.41) is 0. The van der Waals surface area contributed by atoms with Crippen molar-refractivity contribution in [3.05, 3.63) is 60.2 Å². The van der Waals surface area contributed by atoms with E-state index in [9.17, 15) is 0 Å². The Morgan fingerprint density at radius 2 is 1.61 bits per heavy atom. The maximum absolute atomic E-state index is 5.93. The van der Waals surface area contributed by atoms with Crippen molar-refractivity contribution in [2.75, 3.05) is 24.2 Å². The maximum Gasteiger partial charge on any atom is 0.0363 e. The lowest BCUT2D eigenvalue weighted by atomic mass is 10.1. The highest BCUT2D eigenvalue weighted by Gasteiger charge is 2.01. The smallest absolute Gasteiger partial charge is 0.0363 e. The van der Waals surface area contributed by atoms with Crippen LogP contribution >= 0.6 is 0 Å². The molecule has 18 heavy (non-hydrogen) atoms. The van der Waals surface area contributed by atoms with Crippen molar-refractivity contribution in [2.24, 2.45) is 0 Å². The molecule has 0 spiro atoms. The van der Waals surface area contributed by atoms with Gasteiger partial charge in [0.15, 0.2) is 0 Å². The molecule has 2 nitrogen and oxygen atoms in total. The van der Waals surface area contributed by atoms with E-state index in [4.69, 9.17) is 5.73 Å². The molecule has 2 aromatic carbocycles. The van der Waals surface area contributed by atoms with Crippen molar-refractivity contribution in [1.29, 1.82) is 0 Å². The van der Waals surface area contributed by atoms with Gasteiger partial charge in [-0.2, -0.15) is 0 Å². The zero-order valence-electron chi connectivity index (χ0n) is 10.8. The Morgan fingerprint density at radius 1 is 0.944 bits per heavy atom. The Morgan fingerprint density at radius 3 is 2.33 bits per heavy atom. The van der Waals surface area contributed by atoms with E-state index in [1.54, 1.807) is 0 Å². The summed E-state index contributed by atoms with van der Waals surface area (Å²) in [6, 6.07) is 18.6. The van der Waals surface area contributed by atoms with Gasteiger partial charge in [-0.15, -0.1) is 0 Å². The number of aryl methyl sites for hydroxylation is 1. The first-order chi connectivity index (χ1) is 8.77. The average Bonchev–Trinajstić information content (AvgIpc) is 2.42. The van der Waals surface area contributed by atoms with Gasteiger partial charge in [-0.3, -0.25) is 0 Å². The molecule has 0 aliphatic rings. The van der Waals surface area contributed by atoms with E-state index in [1.807, 2.05) is 24.3 Å². The lowest BCUT2D eigenvalue weighted by molar-refractivity contribution is 0.787. The first kappa shape index (κ1) is 12.5. The molecule has 0 radical (unpaired) electrons. The molecule has 0 aliphatic carbocycles. The van der Waals surface area contributed by atoms with Crippen LogP contribution in [0.15, 0.2) is 54.6 Å². The molecule has 0 amide bonds. The fourth-order valence-electron chi connectivity index (χ4n) is 2.08. The van der Waals surface area contributed by atoms with Crippen LogP contribution in [0.2, 0.25) is 0 Å². The van der Waals surface area contributed by atoms with E-state index in [0.717, 1.165) is 25.1 Å². The normalized spacial score (nSPS) is 10.3. The van der Waals surface area contributed by atoms with Crippen molar-refractivity contribution < 1.29 is 0 Å². The topological polar surface area (TPSA) is 29.3 Å². The Bertz CT molecular complexity index is 479. The van der Waals surface area contributed by atoms with Crippen LogP contribution < -0.4 is 10.6 Å². The van der Waals surface area contributed by atoms with Crippen LogP contribution in [0, 0.1) is 0 Å². The van der Waals surface area contributed by atoms with Gasteiger partial charge in [-0.25, -0.2) is 0 Å². The van der Waals surface area contributed by atoms with Gasteiger partial charge in [0.25, 0.3) is 0 Å². The summed E-state index contributed by atoms with van der Waals surface area (Å²) in [7, 11) is 2.13. The first-order valence-corrected chi connectivity index (χ1v) is 6.37. The summed E-state index contributed by atoms with van der Waals surface area (Å²) >= 11 is 0. The number of rotatable bonds is 5. The number of para-hydroxylation sites is 2. The van der Waals surface area contributed by atoms with Crippen LogP contribution in [-0.2, 0) is 6.42 Å². The summed E-state index contributed by atoms with van der Waals surface area (Å²) in [5.41, 5.74) is 9.35. The molecule has 0 atom stereocenters. The van der Waals surface area contributed by atoms with Crippen molar-refractivity contribution in [3.8, 4) is 0 Å². The number of hydrogen-bond donors (Lipinski definition) is 1. The van der Waals surface area contributed by atoms with E-state index in [0.29, 0.717) is 0 Å². The molecule has 0 aliphatic heterocycles. The predicted molar refractivity (Wildman–Crippen MR) is 78.9 cm³/mol. The Labute approximate surface area is 109 Å². The fourth-order valence-corrected chi connectivity index (χ4v) is 2.08. The van der Waals surface area contributed by atoms with E-state index >= 15 is 0 Å². The zero-order valence-corrected chi connectivity index (χ0v) is 10.8. The minimum Gasteiger partial charge on any atom is -0.399 e. The second-order valence-corrected chi connectivity index (χ2v) is 4.56. The van der Waals surface area contributed by atoms with E-state index in [1.165, 1.54) is 11.3 Å². The van der Waals surface area contributed by atoms with Gasteiger partial charge in [-0.1, -0.05) is 36.4 Å². The Hall–Kier alpha value is -1.96. The largest absolute Gasteiger partial charge is 0.399 e. The Balaban J connectivity index is 1.84. The molecule has 0 saturated carbocycles. The average molecular weight is 240 g/mol. The highest BCUT2D eigenvalue weighted by atomic mass is 15.1. The van der Waals surface area contributed by atoms with Crippen LogP contribution in [0.1, 0.15) is 12.0 Å². The third-order valence-electron chi connectivity index (χ3n) is 3.19. The lowest BCUT2D eigenvalue weighted by Crippen LogP contribution is -2.18. The molecular formula is C16H20N2. The monoisotopic (exact) mass is 240 g/mol. The van der Waals surface area contributed by atoms with Crippen LogP contribution in [0.4, 0.5) is 11.4 Å². The van der Waals surface area contributed by atoms with E-state index in [-0.39, 0.29) is 0 Å². The van der Waals surface area contributed by atoms with Crippen molar-refractivity contribution in [1.82, 2.24) is 0 Å². The first-order valence-electron chi connectivity index (χ1n) is 6.37. The van der Waals surface area contributed by atoms with Gasteiger partial charge in [0.1, 0.15) is 0 Å². The number of benzene rings is 2. The molecule has 0 fully saturated rings. The highest BCUT2D eigenvalue weighted by Crippen LogP contribution is 2.15. The quantitative estimate of drug-likeness (QED) is 0.812. The number of nitrogens with zero attached hydrogens (tertiary/aromatic N) is 1. The lowest BCUT2D eigenvalue weighted by Gasteiger charge is -2.19. The number of anilines is 2. The number of nitrogens with two attached hydrogens (primary N) is 1. The van der Waals surface area contributed by atoms with Crippen molar-refractivity contribution in [2.45, 2.75) is 12.8 Å². The van der Waals surface area contributed by atoms with Gasteiger partial charge in [0.05, 0.1) is 0 Å². The maximum atomic E-state index is 5.93. The molecule has 0 bridgehead atoms. The van der Waals surface area contributed by atoms with Gasteiger partial charge >= 0.3 is 0 Å². The molecule has 0 saturated heterocycles. The molecule has 94 valence electrons. The summed E-state index contributed by atoms with van der Waals surface area (Å²) in [6.07, 6.45) is 2.14. The second-order valence-electron chi connectivity index (χ2n) is 4.56. The Kier molecular flexibility index (Phi) is 4.24. The second kappa shape index (κ2) is 6.10. The third-order valence-corrected chi connectivity index (χ3v) is 3.19. The SMILES string of the molecule is CN(CCCc1ccccc1N)c1ccccc1. The summed E-state index contributed by atoms with van der Waals surface area (Å²) in [5.74, 6) is 0. The minimum atomic E-state index is 0.903. The van der Waals surface area contributed by atoms with Crippen LogP contribution in [0.3, 0.4) is 0 Å². The highest BCUT2D eigenvalue weighted by molar-refractivity contribution is 5.47. The molecule has 2 aromatic rings. The minimum absolute atomic E-state index is 0.903. The van der Waals surface area contributed by atoms with Gasteiger partial charge in [-0.05, 0) is 36.6 Å². The summed E-state index contributed by atoms with van der Waals surface area (Å²) < 4.78 is 0. The van der Waals surface area contributed by atoms with Crippen LogP contribution in [0.5, 0.6) is 0 Å². The number of nitrogen functional groups attached to an aromatic ring is 1. The summed E-state index contributed by atoms with van der Waals surface area (Å²) in [6.45, 7) is 1.04. The van der Waals surface area contributed by atoms with Gasteiger partial charge in [0, 0.05) is 25.0 Å². The van der Waals surface area contributed by atoms with E-state index in [2.05, 4.69) is 42.3 Å². The molecule has 2 rings (SSSR count). The molecule has 0 unspecified atom stereocenters. The molecule has 2 heteroatoms.